The van der Waals surface area contributed by atoms with E-state index in [1.165, 1.54) is 12.8 Å². The molecule has 0 aromatic rings. The van der Waals surface area contributed by atoms with Gasteiger partial charge >= 0.3 is 0 Å². The first-order valence-corrected chi connectivity index (χ1v) is 7.82. The largest absolute Gasteiger partial charge is 0.343 e. The van der Waals surface area contributed by atoms with Crippen LogP contribution < -0.4 is 0 Å². The zero-order chi connectivity index (χ0) is 14.4. The zero-order valence-electron chi connectivity index (χ0n) is 13.5. The predicted octanol–water partition coefficient (Wildman–Crippen LogP) is 2.86. The molecule has 0 radical (unpaired) electrons. The average molecular weight is 268 g/mol. The Kier molecular flexibility index (Phi) is 6.84. The van der Waals surface area contributed by atoms with Crippen molar-refractivity contribution in [3.63, 3.8) is 0 Å². The van der Waals surface area contributed by atoms with Crippen LogP contribution >= 0.6 is 0 Å². The third kappa shape index (κ3) is 5.94. The molecule has 1 atom stereocenters. The van der Waals surface area contributed by atoms with E-state index in [1.54, 1.807) is 0 Å². The molecule has 0 bridgehead atoms. The first kappa shape index (κ1) is 16.5. The second-order valence-corrected chi connectivity index (χ2v) is 6.86. The van der Waals surface area contributed by atoms with Crippen LogP contribution in [0.2, 0.25) is 0 Å². The number of amides is 1. The number of likely N-dealkylation sites (tertiary alicyclic amines) is 1. The molecule has 0 aliphatic carbocycles. The summed E-state index contributed by atoms with van der Waals surface area (Å²) in [7, 11) is 4.18. The lowest BCUT2D eigenvalue weighted by molar-refractivity contribution is -0.133. The Morgan fingerprint density at radius 1 is 1.21 bits per heavy atom. The maximum absolute atomic E-state index is 12.2. The van der Waals surface area contributed by atoms with Crippen LogP contribution in [0.15, 0.2) is 0 Å². The topological polar surface area (TPSA) is 23.6 Å². The van der Waals surface area contributed by atoms with Crippen molar-refractivity contribution in [2.45, 2.75) is 46.5 Å². The number of piperidine rings is 1. The maximum atomic E-state index is 12.2. The summed E-state index contributed by atoms with van der Waals surface area (Å²) in [5, 5.41) is 0. The molecular weight excluding hydrogens is 236 g/mol. The SMILES string of the molecule is CC(CCN(C)C)CC(=O)N1CCC(C(C)C)CC1. The van der Waals surface area contributed by atoms with Crippen molar-refractivity contribution in [2.75, 3.05) is 33.7 Å². The van der Waals surface area contributed by atoms with Gasteiger partial charge in [0.2, 0.25) is 5.91 Å². The lowest BCUT2D eigenvalue weighted by Crippen LogP contribution is -2.40. The number of carbonyl (C=O) groups is 1. The third-order valence-electron chi connectivity index (χ3n) is 4.43. The van der Waals surface area contributed by atoms with Crippen LogP contribution in [0.4, 0.5) is 0 Å². The Labute approximate surface area is 119 Å². The minimum atomic E-state index is 0.369. The van der Waals surface area contributed by atoms with E-state index in [4.69, 9.17) is 0 Å². The van der Waals surface area contributed by atoms with Gasteiger partial charge in [-0.3, -0.25) is 4.79 Å². The van der Waals surface area contributed by atoms with Crippen LogP contribution in [0.5, 0.6) is 0 Å². The molecule has 0 aromatic carbocycles. The van der Waals surface area contributed by atoms with Crippen molar-refractivity contribution >= 4 is 5.91 Å². The van der Waals surface area contributed by atoms with Crippen molar-refractivity contribution in [3.8, 4) is 0 Å². The first-order valence-electron chi connectivity index (χ1n) is 7.82. The lowest BCUT2D eigenvalue weighted by atomic mass is 9.86. The molecule has 1 amide bonds. The minimum Gasteiger partial charge on any atom is -0.343 e. The van der Waals surface area contributed by atoms with Crippen molar-refractivity contribution < 1.29 is 4.79 Å². The van der Waals surface area contributed by atoms with Crippen LogP contribution in [0.25, 0.3) is 0 Å². The van der Waals surface area contributed by atoms with E-state index in [9.17, 15) is 4.79 Å². The Morgan fingerprint density at radius 2 is 1.79 bits per heavy atom. The van der Waals surface area contributed by atoms with E-state index in [0.717, 1.165) is 44.3 Å². The number of rotatable bonds is 6. The van der Waals surface area contributed by atoms with E-state index in [-0.39, 0.29) is 0 Å². The van der Waals surface area contributed by atoms with Gasteiger partial charge in [-0.25, -0.2) is 0 Å². The number of carbonyl (C=O) groups excluding carboxylic acids is 1. The van der Waals surface area contributed by atoms with Crippen LogP contribution in [0.3, 0.4) is 0 Å². The van der Waals surface area contributed by atoms with Crippen molar-refractivity contribution in [2.24, 2.45) is 17.8 Å². The fourth-order valence-electron chi connectivity index (χ4n) is 2.82. The summed E-state index contributed by atoms with van der Waals surface area (Å²) in [6.07, 6.45) is 4.21. The molecule has 1 heterocycles. The van der Waals surface area contributed by atoms with E-state index in [0.29, 0.717) is 11.8 Å². The molecule has 0 aromatic heterocycles. The summed E-state index contributed by atoms with van der Waals surface area (Å²) in [5.41, 5.74) is 0. The highest BCUT2D eigenvalue weighted by Crippen LogP contribution is 2.25. The Hall–Kier alpha value is -0.570. The first-order chi connectivity index (χ1) is 8.90. The molecule has 112 valence electrons. The number of nitrogens with zero attached hydrogens (tertiary/aromatic N) is 2. The molecule has 1 saturated heterocycles. The van der Waals surface area contributed by atoms with E-state index in [1.807, 2.05) is 0 Å². The molecular formula is C16H32N2O. The fourth-order valence-corrected chi connectivity index (χ4v) is 2.82. The van der Waals surface area contributed by atoms with E-state index >= 15 is 0 Å². The predicted molar refractivity (Wildman–Crippen MR) is 81.1 cm³/mol. The molecule has 1 fully saturated rings. The summed E-state index contributed by atoms with van der Waals surface area (Å²) in [6.45, 7) is 9.81. The van der Waals surface area contributed by atoms with Gasteiger partial charge in [-0.2, -0.15) is 0 Å². The molecule has 3 heteroatoms. The van der Waals surface area contributed by atoms with Crippen molar-refractivity contribution in [1.29, 1.82) is 0 Å². The molecule has 1 aliphatic heterocycles. The van der Waals surface area contributed by atoms with Crippen LogP contribution in [0.1, 0.15) is 46.5 Å². The standard InChI is InChI=1S/C16H32N2O/c1-13(2)15-7-10-18(11-8-15)16(19)12-14(3)6-9-17(4)5/h13-15H,6-12H2,1-5H3. The molecule has 1 aliphatic rings. The molecule has 0 spiro atoms. The Balaban J connectivity index is 2.27. The van der Waals surface area contributed by atoms with Crippen LogP contribution in [-0.4, -0.2) is 49.4 Å². The quantitative estimate of drug-likeness (QED) is 0.739. The number of hydrogen-bond donors (Lipinski definition) is 0. The van der Waals surface area contributed by atoms with Crippen molar-refractivity contribution in [3.05, 3.63) is 0 Å². The second kappa shape index (κ2) is 7.88. The second-order valence-electron chi connectivity index (χ2n) is 6.86. The van der Waals surface area contributed by atoms with Gasteiger partial charge in [0, 0.05) is 19.5 Å². The monoisotopic (exact) mass is 268 g/mol. The summed E-state index contributed by atoms with van der Waals surface area (Å²) in [5.74, 6) is 2.44. The highest BCUT2D eigenvalue weighted by molar-refractivity contribution is 5.76. The summed E-state index contributed by atoms with van der Waals surface area (Å²) < 4.78 is 0. The minimum absolute atomic E-state index is 0.369. The van der Waals surface area contributed by atoms with Gasteiger partial charge in [-0.05, 0) is 57.7 Å². The number of hydrogen-bond acceptors (Lipinski definition) is 2. The van der Waals surface area contributed by atoms with Crippen LogP contribution in [-0.2, 0) is 4.79 Å². The normalized spacial score (nSPS) is 19.2. The molecule has 19 heavy (non-hydrogen) atoms. The zero-order valence-corrected chi connectivity index (χ0v) is 13.5. The highest BCUT2D eigenvalue weighted by atomic mass is 16.2. The molecule has 0 saturated carbocycles. The van der Waals surface area contributed by atoms with E-state index in [2.05, 4.69) is 44.7 Å². The molecule has 0 N–H and O–H groups in total. The van der Waals surface area contributed by atoms with Gasteiger partial charge in [0.15, 0.2) is 0 Å². The highest BCUT2D eigenvalue weighted by Gasteiger charge is 2.25. The van der Waals surface area contributed by atoms with Gasteiger partial charge in [-0.15, -0.1) is 0 Å². The van der Waals surface area contributed by atoms with Crippen LogP contribution in [0, 0.1) is 17.8 Å². The summed E-state index contributed by atoms with van der Waals surface area (Å²) in [6, 6.07) is 0. The van der Waals surface area contributed by atoms with Gasteiger partial charge in [0.1, 0.15) is 0 Å². The maximum Gasteiger partial charge on any atom is 0.222 e. The average Bonchev–Trinajstić information content (AvgIpc) is 2.36. The summed E-state index contributed by atoms with van der Waals surface area (Å²) in [4.78, 5) is 16.5. The fraction of sp³-hybridized carbons (Fsp3) is 0.938. The van der Waals surface area contributed by atoms with Gasteiger partial charge in [0.05, 0.1) is 0 Å². The Bertz CT molecular complexity index is 268. The molecule has 1 unspecified atom stereocenters. The van der Waals surface area contributed by atoms with Gasteiger partial charge in [0.25, 0.3) is 0 Å². The molecule has 3 nitrogen and oxygen atoms in total. The third-order valence-corrected chi connectivity index (χ3v) is 4.43. The summed E-state index contributed by atoms with van der Waals surface area (Å²) >= 11 is 0. The Morgan fingerprint density at radius 3 is 2.26 bits per heavy atom. The van der Waals surface area contributed by atoms with Gasteiger partial charge < -0.3 is 9.80 Å². The lowest BCUT2D eigenvalue weighted by Gasteiger charge is -2.34. The van der Waals surface area contributed by atoms with Crippen molar-refractivity contribution in [1.82, 2.24) is 9.80 Å². The molecule has 1 rings (SSSR count). The smallest absolute Gasteiger partial charge is 0.222 e. The van der Waals surface area contributed by atoms with E-state index < -0.39 is 0 Å². The van der Waals surface area contributed by atoms with Gasteiger partial charge in [-0.1, -0.05) is 20.8 Å².